The minimum absolute atomic E-state index is 0.00731. The van der Waals surface area contributed by atoms with Crippen LogP contribution >= 0.6 is 0 Å². The molecule has 1 aliphatic heterocycles. The lowest BCUT2D eigenvalue weighted by atomic mass is 10.0. The maximum atomic E-state index is 9.27. The summed E-state index contributed by atoms with van der Waals surface area (Å²) in [5.41, 5.74) is 2.35. The maximum Gasteiger partial charge on any atom is 0.115 e. The molecule has 0 radical (unpaired) electrons. The Morgan fingerprint density at radius 1 is 1.29 bits per heavy atom. The third-order valence-electron chi connectivity index (χ3n) is 3.65. The summed E-state index contributed by atoms with van der Waals surface area (Å²) in [5, 5.41) is 9.27. The van der Waals surface area contributed by atoms with Crippen LogP contribution in [0.1, 0.15) is 19.4 Å². The first-order chi connectivity index (χ1) is 7.91. The highest BCUT2D eigenvalue weighted by Crippen LogP contribution is 2.33. The topological polar surface area (TPSA) is 26.7 Å². The molecule has 2 rings (SSSR count). The molecule has 17 heavy (non-hydrogen) atoms. The number of hydrogen-bond acceptors (Lipinski definition) is 3. The van der Waals surface area contributed by atoms with Crippen molar-refractivity contribution < 1.29 is 5.11 Å². The van der Waals surface area contributed by atoms with Crippen molar-refractivity contribution in [2.45, 2.75) is 25.9 Å². The average molecular weight is 232 g/mol. The summed E-state index contributed by atoms with van der Waals surface area (Å²) in [5.74, 6) is 0.316. The Morgan fingerprint density at radius 2 is 1.88 bits per heavy atom. The van der Waals surface area contributed by atoms with Crippen molar-refractivity contribution in [2.75, 3.05) is 13.7 Å². The zero-order valence-electron chi connectivity index (χ0n) is 10.8. The standard InChI is InChI=1S/C14H20N2O/c1-11-14(2,3)16(10-15(11)4)9-12-5-7-13(17)8-6-12/h5-8,17H,1,9-10H2,2-4H3. The molecule has 3 nitrogen and oxygen atoms in total. The van der Waals surface area contributed by atoms with Gasteiger partial charge >= 0.3 is 0 Å². The first-order valence-electron chi connectivity index (χ1n) is 5.85. The Labute approximate surface area is 103 Å². The molecule has 0 aromatic heterocycles. The van der Waals surface area contributed by atoms with Crippen molar-refractivity contribution in [1.82, 2.24) is 9.80 Å². The van der Waals surface area contributed by atoms with Crippen LogP contribution in [-0.2, 0) is 6.54 Å². The molecular formula is C14H20N2O. The molecule has 3 heteroatoms. The second-order valence-corrected chi connectivity index (χ2v) is 5.21. The molecule has 0 saturated carbocycles. The number of rotatable bonds is 2. The fourth-order valence-electron chi connectivity index (χ4n) is 2.24. The lowest BCUT2D eigenvalue weighted by molar-refractivity contribution is 0.173. The van der Waals surface area contributed by atoms with Gasteiger partial charge in [0.15, 0.2) is 0 Å². The van der Waals surface area contributed by atoms with Crippen molar-refractivity contribution in [3.8, 4) is 5.75 Å². The number of phenols is 1. The van der Waals surface area contributed by atoms with Crippen LogP contribution in [0.15, 0.2) is 36.5 Å². The van der Waals surface area contributed by atoms with Crippen LogP contribution in [0.25, 0.3) is 0 Å². The first kappa shape index (κ1) is 12.0. The van der Waals surface area contributed by atoms with Crippen molar-refractivity contribution >= 4 is 0 Å². The fraction of sp³-hybridized carbons (Fsp3) is 0.429. The van der Waals surface area contributed by atoms with Gasteiger partial charge in [0.25, 0.3) is 0 Å². The molecule has 1 N–H and O–H groups in total. The summed E-state index contributed by atoms with van der Waals surface area (Å²) in [6.07, 6.45) is 0. The normalized spacial score (nSPS) is 19.9. The van der Waals surface area contributed by atoms with Gasteiger partial charge in [0, 0.05) is 19.3 Å². The zero-order valence-corrected chi connectivity index (χ0v) is 10.8. The van der Waals surface area contributed by atoms with Crippen LogP contribution in [0.4, 0.5) is 0 Å². The van der Waals surface area contributed by atoms with E-state index in [-0.39, 0.29) is 5.54 Å². The molecule has 0 atom stereocenters. The van der Waals surface area contributed by atoms with Crippen LogP contribution in [0, 0.1) is 0 Å². The Morgan fingerprint density at radius 3 is 2.35 bits per heavy atom. The number of nitrogens with zero attached hydrogens (tertiary/aromatic N) is 2. The van der Waals surface area contributed by atoms with Crippen LogP contribution in [0.3, 0.4) is 0 Å². The molecule has 1 heterocycles. The fourth-order valence-corrected chi connectivity index (χ4v) is 2.24. The molecule has 0 amide bonds. The van der Waals surface area contributed by atoms with Crippen LogP contribution < -0.4 is 0 Å². The molecule has 1 aromatic rings. The van der Waals surface area contributed by atoms with Crippen molar-refractivity contribution in [3.05, 3.63) is 42.1 Å². The van der Waals surface area contributed by atoms with E-state index in [9.17, 15) is 5.11 Å². The van der Waals surface area contributed by atoms with E-state index in [1.165, 1.54) is 5.56 Å². The van der Waals surface area contributed by atoms with Crippen LogP contribution in [-0.4, -0.2) is 34.2 Å². The summed E-state index contributed by atoms with van der Waals surface area (Å²) in [4.78, 5) is 4.56. The van der Waals surface area contributed by atoms with Gasteiger partial charge in [-0.15, -0.1) is 0 Å². The van der Waals surface area contributed by atoms with E-state index in [1.54, 1.807) is 12.1 Å². The highest BCUT2D eigenvalue weighted by molar-refractivity contribution is 5.27. The molecule has 92 valence electrons. The molecular weight excluding hydrogens is 212 g/mol. The summed E-state index contributed by atoms with van der Waals surface area (Å²) in [6, 6.07) is 7.40. The zero-order chi connectivity index (χ0) is 12.6. The molecule has 0 unspecified atom stereocenters. The van der Waals surface area contributed by atoms with E-state index < -0.39 is 0 Å². The predicted molar refractivity (Wildman–Crippen MR) is 69.5 cm³/mol. The molecule has 0 aliphatic carbocycles. The van der Waals surface area contributed by atoms with E-state index in [4.69, 9.17) is 0 Å². The van der Waals surface area contributed by atoms with E-state index in [2.05, 4.69) is 37.3 Å². The van der Waals surface area contributed by atoms with Gasteiger partial charge in [-0.25, -0.2) is 0 Å². The summed E-state index contributed by atoms with van der Waals surface area (Å²) >= 11 is 0. The lowest BCUT2D eigenvalue weighted by Crippen LogP contribution is -2.38. The Hall–Kier alpha value is -1.48. The van der Waals surface area contributed by atoms with E-state index in [0.717, 1.165) is 18.9 Å². The highest BCUT2D eigenvalue weighted by Gasteiger charge is 2.38. The Balaban J connectivity index is 2.14. The third kappa shape index (κ3) is 2.15. The van der Waals surface area contributed by atoms with Crippen molar-refractivity contribution in [1.29, 1.82) is 0 Å². The molecule has 0 bridgehead atoms. The number of aromatic hydroxyl groups is 1. The van der Waals surface area contributed by atoms with Gasteiger partial charge in [-0.2, -0.15) is 0 Å². The summed E-state index contributed by atoms with van der Waals surface area (Å²) in [6.45, 7) is 10.3. The number of hydrogen-bond donors (Lipinski definition) is 1. The van der Waals surface area contributed by atoms with Gasteiger partial charge in [-0.1, -0.05) is 18.7 Å². The van der Waals surface area contributed by atoms with E-state index >= 15 is 0 Å². The average Bonchev–Trinajstić information content (AvgIpc) is 2.46. The largest absolute Gasteiger partial charge is 0.508 e. The predicted octanol–water partition coefficient (Wildman–Crippen LogP) is 2.39. The smallest absolute Gasteiger partial charge is 0.115 e. The number of likely N-dealkylation sites (N-methyl/N-ethyl adjacent to an activating group) is 1. The van der Waals surface area contributed by atoms with Crippen LogP contribution in [0.2, 0.25) is 0 Å². The van der Waals surface area contributed by atoms with E-state index in [1.807, 2.05) is 12.1 Å². The summed E-state index contributed by atoms with van der Waals surface area (Å²) in [7, 11) is 2.07. The SMILES string of the molecule is C=C1N(C)CN(Cc2ccc(O)cc2)C1(C)C. The van der Waals surface area contributed by atoms with Gasteiger partial charge in [0.1, 0.15) is 5.75 Å². The summed E-state index contributed by atoms with van der Waals surface area (Å²) < 4.78 is 0. The maximum absolute atomic E-state index is 9.27. The molecule has 1 aromatic carbocycles. The number of benzene rings is 1. The van der Waals surface area contributed by atoms with E-state index in [0.29, 0.717) is 5.75 Å². The molecule has 1 aliphatic rings. The molecule has 0 spiro atoms. The van der Waals surface area contributed by atoms with Crippen molar-refractivity contribution in [2.24, 2.45) is 0 Å². The van der Waals surface area contributed by atoms with Gasteiger partial charge in [-0.05, 0) is 31.5 Å². The minimum Gasteiger partial charge on any atom is -0.508 e. The van der Waals surface area contributed by atoms with Gasteiger partial charge < -0.3 is 10.0 Å². The third-order valence-corrected chi connectivity index (χ3v) is 3.65. The minimum atomic E-state index is -0.00731. The second-order valence-electron chi connectivity index (χ2n) is 5.21. The monoisotopic (exact) mass is 232 g/mol. The number of phenolic OH excluding ortho intramolecular Hbond substituents is 1. The Kier molecular flexibility index (Phi) is 2.87. The van der Waals surface area contributed by atoms with Crippen molar-refractivity contribution in [3.63, 3.8) is 0 Å². The lowest BCUT2D eigenvalue weighted by Gasteiger charge is -2.30. The molecule has 1 fully saturated rings. The second kappa shape index (κ2) is 4.08. The Bertz CT molecular complexity index is 422. The molecule has 1 saturated heterocycles. The highest BCUT2D eigenvalue weighted by atomic mass is 16.3. The first-order valence-corrected chi connectivity index (χ1v) is 5.85. The van der Waals surface area contributed by atoms with Gasteiger partial charge in [-0.3, -0.25) is 4.90 Å². The quantitative estimate of drug-likeness (QED) is 0.848. The van der Waals surface area contributed by atoms with Gasteiger partial charge in [0.05, 0.1) is 12.2 Å². The van der Waals surface area contributed by atoms with Crippen LogP contribution in [0.5, 0.6) is 5.75 Å². The van der Waals surface area contributed by atoms with Gasteiger partial charge in [0.2, 0.25) is 0 Å².